The number of rotatable bonds is 1. The van der Waals surface area contributed by atoms with Crippen molar-refractivity contribution in [2.75, 3.05) is 0 Å². The maximum atomic E-state index is 10.4. The number of amides is 1. The van der Waals surface area contributed by atoms with E-state index in [0.717, 1.165) is 0 Å². The van der Waals surface area contributed by atoms with Crippen molar-refractivity contribution in [1.82, 2.24) is 0 Å². The normalized spacial score (nSPS) is 8.92. The third-order valence-electron chi connectivity index (χ3n) is 1.27. The van der Waals surface area contributed by atoms with Crippen LogP contribution in [0.15, 0.2) is 18.2 Å². The average molecular weight is 197 g/mol. The van der Waals surface area contributed by atoms with Gasteiger partial charge in [0.1, 0.15) is 6.07 Å². The fourth-order valence-corrected chi connectivity index (χ4v) is 0.959. The summed E-state index contributed by atoms with van der Waals surface area (Å²) in [6, 6.07) is 6.12. The van der Waals surface area contributed by atoms with Gasteiger partial charge in [-0.25, -0.2) is 4.79 Å². The number of carbonyl (C=O) groups excluding carboxylic acids is 1. The molecule has 0 spiro atoms. The smallest absolute Gasteiger partial charge is 0.409 e. The summed E-state index contributed by atoms with van der Waals surface area (Å²) in [5, 5.41) is 9.01. The lowest BCUT2D eigenvalue weighted by Crippen LogP contribution is -2.16. The minimum atomic E-state index is -0.959. The fraction of sp³-hybridized carbons (Fsp3) is 0. The molecule has 0 heterocycles. The molecule has 0 radical (unpaired) electrons. The third-order valence-corrected chi connectivity index (χ3v) is 1.51. The van der Waals surface area contributed by atoms with Crippen molar-refractivity contribution in [3.8, 4) is 11.8 Å². The first-order valence-corrected chi connectivity index (χ1v) is 3.68. The van der Waals surface area contributed by atoms with Crippen molar-refractivity contribution in [3.05, 3.63) is 28.8 Å². The van der Waals surface area contributed by atoms with E-state index in [1.165, 1.54) is 18.2 Å². The zero-order chi connectivity index (χ0) is 9.84. The molecule has 1 aromatic carbocycles. The Hall–Kier alpha value is -1.73. The summed E-state index contributed by atoms with van der Waals surface area (Å²) in [6.07, 6.45) is -0.959. The molecule has 0 bridgehead atoms. The van der Waals surface area contributed by atoms with Crippen LogP contribution < -0.4 is 10.5 Å². The summed E-state index contributed by atoms with van der Waals surface area (Å²) >= 11 is 5.61. The zero-order valence-electron chi connectivity index (χ0n) is 6.45. The van der Waals surface area contributed by atoms with Crippen molar-refractivity contribution in [3.63, 3.8) is 0 Å². The van der Waals surface area contributed by atoms with Crippen LogP contribution in [0.2, 0.25) is 5.02 Å². The highest BCUT2D eigenvalue weighted by molar-refractivity contribution is 6.30. The first-order chi connectivity index (χ1) is 6.13. The molecular formula is C8H5ClN2O2. The standard InChI is InChI=1S/C8H5ClN2O2/c9-6-1-2-7(13-8(11)12)5(3-6)4-10/h1-3H,(H2,11,12). The Labute approximate surface area is 79.5 Å². The van der Waals surface area contributed by atoms with Crippen LogP contribution in [0.5, 0.6) is 5.75 Å². The van der Waals surface area contributed by atoms with Crippen LogP contribution in [0.4, 0.5) is 4.79 Å². The minimum Gasteiger partial charge on any atom is -0.409 e. The molecular weight excluding hydrogens is 192 g/mol. The predicted molar refractivity (Wildman–Crippen MR) is 46.4 cm³/mol. The summed E-state index contributed by atoms with van der Waals surface area (Å²) < 4.78 is 4.55. The minimum absolute atomic E-state index is 0.111. The SMILES string of the molecule is N#Cc1cc(Cl)ccc1OC(N)=O. The number of hydrogen-bond acceptors (Lipinski definition) is 3. The lowest BCUT2D eigenvalue weighted by Gasteiger charge is -2.02. The van der Waals surface area contributed by atoms with E-state index in [2.05, 4.69) is 4.74 Å². The van der Waals surface area contributed by atoms with Crippen LogP contribution >= 0.6 is 11.6 Å². The molecule has 0 atom stereocenters. The van der Waals surface area contributed by atoms with Gasteiger partial charge in [0, 0.05) is 5.02 Å². The first kappa shape index (κ1) is 9.36. The van der Waals surface area contributed by atoms with Crippen molar-refractivity contribution in [1.29, 1.82) is 5.26 Å². The van der Waals surface area contributed by atoms with Gasteiger partial charge >= 0.3 is 6.09 Å². The maximum Gasteiger partial charge on any atom is 0.410 e. The number of ether oxygens (including phenoxy) is 1. The molecule has 0 unspecified atom stereocenters. The molecule has 2 N–H and O–H groups in total. The molecule has 1 amide bonds. The Kier molecular flexibility index (Phi) is 2.72. The van der Waals surface area contributed by atoms with E-state index in [-0.39, 0.29) is 11.3 Å². The largest absolute Gasteiger partial charge is 0.410 e. The molecule has 5 heteroatoms. The molecule has 0 aliphatic heterocycles. The van der Waals surface area contributed by atoms with E-state index in [9.17, 15) is 4.79 Å². The van der Waals surface area contributed by atoms with Gasteiger partial charge in [-0.05, 0) is 18.2 Å². The molecule has 13 heavy (non-hydrogen) atoms. The number of nitrogens with zero attached hydrogens (tertiary/aromatic N) is 1. The van der Waals surface area contributed by atoms with E-state index >= 15 is 0 Å². The molecule has 4 nitrogen and oxygen atoms in total. The fourth-order valence-electron chi connectivity index (χ4n) is 0.787. The van der Waals surface area contributed by atoms with Crippen molar-refractivity contribution < 1.29 is 9.53 Å². The molecule has 1 aromatic rings. The lowest BCUT2D eigenvalue weighted by molar-refractivity contribution is 0.210. The highest BCUT2D eigenvalue weighted by Gasteiger charge is 2.06. The quantitative estimate of drug-likeness (QED) is 0.742. The summed E-state index contributed by atoms with van der Waals surface area (Å²) in [5.74, 6) is 0.111. The average Bonchev–Trinajstić information content (AvgIpc) is 2.07. The predicted octanol–water partition coefficient (Wildman–Crippen LogP) is 1.67. The highest BCUT2D eigenvalue weighted by atomic mass is 35.5. The monoisotopic (exact) mass is 196 g/mol. The second kappa shape index (κ2) is 3.78. The van der Waals surface area contributed by atoms with Crippen LogP contribution in [0, 0.1) is 11.3 Å². The second-order valence-corrected chi connectivity index (χ2v) is 2.61. The number of primary amides is 1. The van der Waals surface area contributed by atoms with E-state index in [1.807, 2.05) is 6.07 Å². The number of benzene rings is 1. The van der Waals surface area contributed by atoms with Gasteiger partial charge in [-0.15, -0.1) is 0 Å². The number of halogens is 1. The summed E-state index contributed by atoms with van der Waals surface area (Å²) in [7, 11) is 0. The van der Waals surface area contributed by atoms with Crippen LogP contribution in [0.3, 0.4) is 0 Å². The van der Waals surface area contributed by atoms with Gasteiger partial charge in [0.05, 0.1) is 5.56 Å². The van der Waals surface area contributed by atoms with Crippen molar-refractivity contribution >= 4 is 17.7 Å². The van der Waals surface area contributed by atoms with Gasteiger partial charge in [-0.2, -0.15) is 5.26 Å². The van der Waals surface area contributed by atoms with E-state index < -0.39 is 6.09 Å². The van der Waals surface area contributed by atoms with Crippen molar-refractivity contribution in [2.45, 2.75) is 0 Å². The van der Waals surface area contributed by atoms with Crippen LogP contribution in [0.25, 0.3) is 0 Å². The molecule has 0 saturated carbocycles. The van der Waals surface area contributed by atoms with Gasteiger partial charge in [0.15, 0.2) is 5.75 Å². The highest BCUT2D eigenvalue weighted by Crippen LogP contribution is 2.21. The molecule has 0 fully saturated rings. The molecule has 66 valence electrons. The van der Waals surface area contributed by atoms with Crippen LogP contribution in [-0.2, 0) is 0 Å². The molecule has 0 aliphatic carbocycles. The Balaban J connectivity index is 3.08. The number of nitrogens with two attached hydrogens (primary N) is 1. The topological polar surface area (TPSA) is 76.1 Å². The summed E-state index contributed by atoms with van der Waals surface area (Å²) in [6.45, 7) is 0. The Morgan fingerprint density at radius 2 is 2.31 bits per heavy atom. The molecule has 0 saturated heterocycles. The number of hydrogen-bond donors (Lipinski definition) is 1. The number of nitriles is 1. The molecule has 0 aromatic heterocycles. The summed E-state index contributed by atoms with van der Waals surface area (Å²) in [4.78, 5) is 10.4. The number of carbonyl (C=O) groups is 1. The third kappa shape index (κ3) is 2.36. The maximum absolute atomic E-state index is 10.4. The van der Waals surface area contributed by atoms with Gasteiger partial charge in [0.25, 0.3) is 0 Å². The second-order valence-electron chi connectivity index (χ2n) is 2.17. The Morgan fingerprint density at radius 1 is 1.62 bits per heavy atom. The molecule has 1 rings (SSSR count). The van der Waals surface area contributed by atoms with Gasteiger partial charge in [-0.3, -0.25) is 0 Å². The Morgan fingerprint density at radius 3 is 2.85 bits per heavy atom. The van der Waals surface area contributed by atoms with Gasteiger partial charge in [-0.1, -0.05) is 11.6 Å². The van der Waals surface area contributed by atoms with E-state index in [0.29, 0.717) is 5.02 Å². The Bertz CT molecular complexity index is 384. The van der Waals surface area contributed by atoms with Gasteiger partial charge < -0.3 is 10.5 Å². The lowest BCUT2D eigenvalue weighted by atomic mass is 10.2. The van der Waals surface area contributed by atoms with E-state index in [4.69, 9.17) is 22.6 Å². The van der Waals surface area contributed by atoms with Gasteiger partial charge in [0.2, 0.25) is 0 Å². The summed E-state index contributed by atoms with van der Waals surface area (Å²) in [5.41, 5.74) is 4.96. The van der Waals surface area contributed by atoms with Crippen LogP contribution in [-0.4, -0.2) is 6.09 Å². The first-order valence-electron chi connectivity index (χ1n) is 3.30. The van der Waals surface area contributed by atoms with Crippen LogP contribution in [0.1, 0.15) is 5.56 Å². The van der Waals surface area contributed by atoms with E-state index in [1.54, 1.807) is 0 Å². The molecule has 0 aliphatic rings. The van der Waals surface area contributed by atoms with Crippen molar-refractivity contribution in [2.24, 2.45) is 5.73 Å². The zero-order valence-corrected chi connectivity index (χ0v) is 7.21.